The first-order valence-electron chi connectivity index (χ1n) is 5.32. The van der Waals surface area contributed by atoms with Gasteiger partial charge in [-0.05, 0) is 31.5 Å². The van der Waals surface area contributed by atoms with E-state index in [1.807, 2.05) is 29.8 Å². The average molecular weight is 219 g/mol. The number of aryl methyl sites for hydroxylation is 1. The summed E-state index contributed by atoms with van der Waals surface area (Å²) in [5.74, 6) is 0.664. The lowest BCUT2D eigenvalue weighted by molar-refractivity contribution is 0.0663. The number of benzene rings is 1. The van der Waals surface area contributed by atoms with Gasteiger partial charge in [0.1, 0.15) is 11.4 Å². The van der Waals surface area contributed by atoms with E-state index in [1.54, 1.807) is 13.8 Å². The van der Waals surface area contributed by atoms with Gasteiger partial charge in [0.05, 0.1) is 11.0 Å². The van der Waals surface area contributed by atoms with Gasteiger partial charge < -0.3 is 15.4 Å². The van der Waals surface area contributed by atoms with Crippen LogP contribution in [0.4, 0.5) is 0 Å². The summed E-state index contributed by atoms with van der Waals surface area (Å²) in [7, 11) is 1.91. The van der Waals surface area contributed by atoms with Crippen LogP contribution in [0.5, 0.6) is 0 Å². The lowest BCUT2D eigenvalue weighted by Crippen LogP contribution is -2.20. The van der Waals surface area contributed by atoms with E-state index in [0.717, 1.165) is 16.6 Å². The number of nitrogens with zero attached hydrogens (tertiary/aromatic N) is 2. The Morgan fingerprint density at radius 2 is 2.12 bits per heavy atom. The molecule has 0 aliphatic carbocycles. The van der Waals surface area contributed by atoms with Crippen molar-refractivity contribution in [2.45, 2.75) is 26.0 Å². The predicted molar refractivity (Wildman–Crippen MR) is 63.9 cm³/mol. The Morgan fingerprint density at radius 3 is 2.69 bits per heavy atom. The molecule has 0 spiro atoms. The molecule has 0 unspecified atom stereocenters. The number of rotatable bonds is 2. The number of imidazole rings is 1. The first-order valence-corrected chi connectivity index (χ1v) is 5.32. The molecular formula is C12H17N3O. The van der Waals surface area contributed by atoms with Crippen molar-refractivity contribution in [3.63, 3.8) is 0 Å². The van der Waals surface area contributed by atoms with E-state index in [9.17, 15) is 5.11 Å². The van der Waals surface area contributed by atoms with Crippen LogP contribution in [0.25, 0.3) is 11.0 Å². The average Bonchev–Trinajstić information content (AvgIpc) is 2.55. The quantitative estimate of drug-likeness (QED) is 0.799. The van der Waals surface area contributed by atoms with Crippen molar-refractivity contribution >= 4 is 11.0 Å². The predicted octanol–water partition coefficient (Wildman–Crippen LogP) is 1.26. The molecule has 4 heteroatoms. The fourth-order valence-electron chi connectivity index (χ4n) is 1.91. The number of aromatic nitrogens is 2. The Labute approximate surface area is 94.7 Å². The maximum Gasteiger partial charge on any atom is 0.141 e. The minimum Gasteiger partial charge on any atom is -0.383 e. The van der Waals surface area contributed by atoms with Crippen molar-refractivity contribution in [2.24, 2.45) is 12.8 Å². The van der Waals surface area contributed by atoms with E-state index in [-0.39, 0.29) is 0 Å². The highest BCUT2D eigenvalue weighted by molar-refractivity contribution is 5.77. The fourth-order valence-corrected chi connectivity index (χ4v) is 1.91. The molecule has 86 valence electrons. The summed E-state index contributed by atoms with van der Waals surface area (Å²) in [5.41, 5.74) is 7.62. The molecule has 1 aromatic carbocycles. The largest absolute Gasteiger partial charge is 0.383 e. The number of aliphatic hydroxyl groups is 1. The molecule has 1 aromatic heterocycles. The molecule has 0 aliphatic rings. The molecular weight excluding hydrogens is 202 g/mol. The van der Waals surface area contributed by atoms with Gasteiger partial charge in [-0.15, -0.1) is 0 Å². The van der Waals surface area contributed by atoms with Crippen molar-refractivity contribution in [3.8, 4) is 0 Å². The van der Waals surface area contributed by atoms with Crippen molar-refractivity contribution in [3.05, 3.63) is 29.6 Å². The Bertz CT molecular complexity index is 523. The van der Waals surface area contributed by atoms with Crippen LogP contribution in [0.15, 0.2) is 18.2 Å². The van der Waals surface area contributed by atoms with Crippen LogP contribution in [-0.2, 0) is 19.2 Å². The molecule has 0 bridgehead atoms. The van der Waals surface area contributed by atoms with Gasteiger partial charge in [0.25, 0.3) is 0 Å². The zero-order chi connectivity index (χ0) is 11.9. The Morgan fingerprint density at radius 1 is 1.44 bits per heavy atom. The van der Waals surface area contributed by atoms with E-state index >= 15 is 0 Å². The van der Waals surface area contributed by atoms with Crippen LogP contribution in [0.2, 0.25) is 0 Å². The maximum absolute atomic E-state index is 9.99. The van der Waals surface area contributed by atoms with E-state index < -0.39 is 5.60 Å². The summed E-state index contributed by atoms with van der Waals surface area (Å²) in [5, 5.41) is 9.99. The third-order valence-corrected chi connectivity index (χ3v) is 2.73. The van der Waals surface area contributed by atoms with Crippen molar-refractivity contribution in [2.75, 3.05) is 0 Å². The SMILES string of the molecule is Cn1c(C(C)(C)O)nc2ccc(CN)cc21. The van der Waals surface area contributed by atoms with Gasteiger partial charge in [-0.3, -0.25) is 0 Å². The molecule has 0 amide bonds. The molecule has 1 heterocycles. The van der Waals surface area contributed by atoms with E-state index in [0.29, 0.717) is 12.4 Å². The maximum atomic E-state index is 9.99. The fraction of sp³-hybridized carbons (Fsp3) is 0.417. The molecule has 16 heavy (non-hydrogen) atoms. The van der Waals surface area contributed by atoms with Gasteiger partial charge in [-0.1, -0.05) is 6.07 Å². The van der Waals surface area contributed by atoms with Crippen molar-refractivity contribution < 1.29 is 5.11 Å². The zero-order valence-corrected chi connectivity index (χ0v) is 9.86. The molecule has 3 N–H and O–H groups in total. The second kappa shape index (κ2) is 3.57. The number of hydrogen-bond donors (Lipinski definition) is 2. The second-order valence-electron chi connectivity index (χ2n) is 4.58. The molecule has 2 aromatic rings. The Kier molecular flexibility index (Phi) is 2.48. The van der Waals surface area contributed by atoms with Crippen molar-refractivity contribution in [1.82, 2.24) is 9.55 Å². The summed E-state index contributed by atoms with van der Waals surface area (Å²) in [6, 6.07) is 5.91. The topological polar surface area (TPSA) is 64.1 Å². The van der Waals surface area contributed by atoms with E-state index in [1.165, 1.54) is 0 Å². The minimum absolute atomic E-state index is 0.513. The van der Waals surface area contributed by atoms with Crippen LogP contribution in [0.3, 0.4) is 0 Å². The first kappa shape index (κ1) is 11.1. The number of nitrogens with two attached hydrogens (primary N) is 1. The van der Waals surface area contributed by atoms with Gasteiger partial charge in [0.2, 0.25) is 0 Å². The molecule has 0 atom stereocenters. The number of fused-ring (bicyclic) bond motifs is 1. The lowest BCUT2D eigenvalue weighted by Gasteiger charge is -2.16. The van der Waals surface area contributed by atoms with Gasteiger partial charge in [-0.2, -0.15) is 0 Å². The standard InChI is InChI=1S/C12H17N3O/c1-12(2,16)11-14-9-5-4-8(7-13)6-10(9)15(11)3/h4-6,16H,7,13H2,1-3H3. The summed E-state index contributed by atoms with van der Waals surface area (Å²) in [6.07, 6.45) is 0. The number of hydrogen-bond acceptors (Lipinski definition) is 3. The highest BCUT2D eigenvalue weighted by atomic mass is 16.3. The third-order valence-electron chi connectivity index (χ3n) is 2.73. The van der Waals surface area contributed by atoms with E-state index in [2.05, 4.69) is 4.98 Å². The summed E-state index contributed by atoms with van der Waals surface area (Å²) in [6.45, 7) is 3.98. The van der Waals surface area contributed by atoms with Gasteiger partial charge in [0, 0.05) is 13.6 Å². The minimum atomic E-state index is -0.934. The monoisotopic (exact) mass is 219 g/mol. The Balaban J connectivity index is 2.69. The normalized spacial score (nSPS) is 12.3. The third kappa shape index (κ3) is 1.70. The summed E-state index contributed by atoms with van der Waals surface area (Å²) in [4.78, 5) is 4.43. The first-order chi connectivity index (χ1) is 7.43. The lowest BCUT2D eigenvalue weighted by atomic mass is 10.1. The molecule has 0 saturated carbocycles. The van der Waals surface area contributed by atoms with Gasteiger partial charge in [0.15, 0.2) is 0 Å². The molecule has 0 fully saturated rings. The Hall–Kier alpha value is -1.39. The van der Waals surface area contributed by atoms with E-state index in [4.69, 9.17) is 5.73 Å². The van der Waals surface area contributed by atoms with Crippen LogP contribution < -0.4 is 5.73 Å². The van der Waals surface area contributed by atoms with Crippen LogP contribution in [0, 0.1) is 0 Å². The van der Waals surface area contributed by atoms with Gasteiger partial charge >= 0.3 is 0 Å². The molecule has 0 radical (unpaired) electrons. The zero-order valence-electron chi connectivity index (χ0n) is 9.86. The molecule has 0 saturated heterocycles. The van der Waals surface area contributed by atoms with Gasteiger partial charge in [-0.25, -0.2) is 4.98 Å². The summed E-state index contributed by atoms with van der Waals surface area (Å²) < 4.78 is 1.91. The smallest absolute Gasteiger partial charge is 0.141 e. The summed E-state index contributed by atoms with van der Waals surface area (Å²) >= 11 is 0. The second-order valence-corrected chi connectivity index (χ2v) is 4.58. The van der Waals surface area contributed by atoms with Crippen LogP contribution in [-0.4, -0.2) is 14.7 Å². The highest BCUT2D eigenvalue weighted by Gasteiger charge is 2.23. The van der Waals surface area contributed by atoms with Crippen molar-refractivity contribution in [1.29, 1.82) is 0 Å². The molecule has 0 aliphatic heterocycles. The molecule has 4 nitrogen and oxygen atoms in total. The van der Waals surface area contributed by atoms with Crippen LogP contribution >= 0.6 is 0 Å². The van der Waals surface area contributed by atoms with Crippen LogP contribution in [0.1, 0.15) is 25.2 Å². The highest BCUT2D eigenvalue weighted by Crippen LogP contribution is 2.24. The molecule has 2 rings (SSSR count).